The SMILES string of the molecule is COC(C)CN(CC(C)OC)c1ccc(Cc2ccc(N(C)C)cc2)cc1. The van der Waals surface area contributed by atoms with Crippen molar-refractivity contribution in [3.05, 3.63) is 59.7 Å². The van der Waals surface area contributed by atoms with Crippen molar-refractivity contribution in [3.63, 3.8) is 0 Å². The summed E-state index contributed by atoms with van der Waals surface area (Å²) in [5.74, 6) is 0. The fraction of sp³-hybridized carbons (Fsp3) is 0.478. The van der Waals surface area contributed by atoms with Gasteiger partial charge in [0.05, 0.1) is 12.2 Å². The van der Waals surface area contributed by atoms with E-state index in [0.29, 0.717) is 0 Å². The van der Waals surface area contributed by atoms with E-state index >= 15 is 0 Å². The van der Waals surface area contributed by atoms with Crippen LogP contribution >= 0.6 is 0 Å². The van der Waals surface area contributed by atoms with Crippen LogP contribution in [-0.2, 0) is 15.9 Å². The molecule has 27 heavy (non-hydrogen) atoms. The Hall–Kier alpha value is -2.04. The van der Waals surface area contributed by atoms with Crippen LogP contribution in [0.25, 0.3) is 0 Å². The highest BCUT2D eigenvalue weighted by atomic mass is 16.5. The van der Waals surface area contributed by atoms with E-state index in [2.05, 4.69) is 86.3 Å². The number of hydrogen-bond donors (Lipinski definition) is 0. The molecule has 2 unspecified atom stereocenters. The predicted octanol–water partition coefficient (Wildman–Crippen LogP) is 4.22. The van der Waals surface area contributed by atoms with Gasteiger partial charge in [0.25, 0.3) is 0 Å². The third-order valence-electron chi connectivity index (χ3n) is 4.92. The molecule has 2 rings (SSSR count). The summed E-state index contributed by atoms with van der Waals surface area (Å²) in [5, 5.41) is 0. The summed E-state index contributed by atoms with van der Waals surface area (Å²) in [6.45, 7) is 5.87. The van der Waals surface area contributed by atoms with Crippen molar-refractivity contribution < 1.29 is 9.47 Å². The van der Waals surface area contributed by atoms with E-state index in [9.17, 15) is 0 Å². The van der Waals surface area contributed by atoms with Crippen molar-refractivity contribution in [2.24, 2.45) is 0 Å². The number of nitrogens with zero attached hydrogens (tertiary/aromatic N) is 2. The van der Waals surface area contributed by atoms with Crippen LogP contribution in [0.5, 0.6) is 0 Å². The molecule has 0 saturated heterocycles. The van der Waals surface area contributed by atoms with Crippen LogP contribution in [0.2, 0.25) is 0 Å². The van der Waals surface area contributed by atoms with Crippen LogP contribution in [0, 0.1) is 0 Å². The van der Waals surface area contributed by atoms with Gasteiger partial charge in [-0.15, -0.1) is 0 Å². The van der Waals surface area contributed by atoms with E-state index in [1.54, 1.807) is 14.2 Å². The zero-order chi connectivity index (χ0) is 19.8. The van der Waals surface area contributed by atoms with E-state index < -0.39 is 0 Å². The Morgan fingerprint density at radius 3 is 1.48 bits per heavy atom. The van der Waals surface area contributed by atoms with Gasteiger partial charge in [-0.2, -0.15) is 0 Å². The van der Waals surface area contributed by atoms with Crippen LogP contribution in [0.4, 0.5) is 11.4 Å². The van der Waals surface area contributed by atoms with Crippen LogP contribution < -0.4 is 9.80 Å². The molecule has 0 aromatic heterocycles. The van der Waals surface area contributed by atoms with Crippen LogP contribution in [0.3, 0.4) is 0 Å². The largest absolute Gasteiger partial charge is 0.380 e. The Bertz CT molecular complexity index is 656. The van der Waals surface area contributed by atoms with Gasteiger partial charge in [0.2, 0.25) is 0 Å². The lowest BCUT2D eigenvalue weighted by molar-refractivity contribution is 0.106. The topological polar surface area (TPSA) is 24.9 Å². The van der Waals surface area contributed by atoms with Crippen molar-refractivity contribution in [3.8, 4) is 0 Å². The summed E-state index contributed by atoms with van der Waals surface area (Å²) in [4.78, 5) is 4.45. The average molecular weight is 371 g/mol. The molecule has 2 aromatic rings. The minimum atomic E-state index is 0.170. The fourth-order valence-corrected chi connectivity index (χ4v) is 3.03. The van der Waals surface area contributed by atoms with E-state index in [0.717, 1.165) is 19.5 Å². The average Bonchev–Trinajstić information content (AvgIpc) is 2.68. The van der Waals surface area contributed by atoms with E-state index in [-0.39, 0.29) is 12.2 Å². The summed E-state index contributed by atoms with van der Waals surface area (Å²) < 4.78 is 10.9. The number of methoxy groups -OCH3 is 2. The number of ether oxygens (including phenoxy) is 2. The fourth-order valence-electron chi connectivity index (χ4n) is 3.03. The molecule has 2 atom stereocenters. The predicted molar refractivity (Wildman–Crippen MR) is 115 cm³/mol. The third kappa shape index (κ3) is 6.56. The molecule has 0 N–H and O–H groups in total. The molecule has 0 aliphatic heterocycles. The first kappa shape index (κ1) is 21.3. The van der Waals surface area contributed by atoms with Gasteiger partial charge < -0.3 is 19.3 Å². The standard InChI is InChI=1S/C23H34N2O2/c1-18(26-5)16-25(17-19(2)27-6)23-13-9-21(10-14-23)15-20-7-11-22(12-8-20)24(3)4/h7-14,18-19H,15-17H2,1-6H3. The number of hydrogen-bond acceptors (Lipinski definition) is 4. The molecule has 0 saturated carbocycles. The molecular formula is C23H34N2O2. The van der Waals surface area contributed by atoms with Crippen molar-refractivity contribution in [1.82, 2.24) is 0 Å². The van der Waals surface area contributed by atoms with Crippen molar-refractivity contribution in [2.75, 3.05) is 51.2 Å². The summed E-state index contributed by atoms with van der Waals surface area (Å²) in [6, 6.07) is 17.6. The first-order chi connectivity index (χ1) is 12.9. The molecule has 0 spiro atoms. The minimum Gasteiger partial charge on any atom is -0.380 e. The minimum absolute atomic E-state index is 0.170. The lowest BCUT2D eigenvalue weighted by Crippen LogP contribution is -2.37. The van der Waals surface area contributed by atoms with Gasteiger partial charge in [0, 0.05) is 52.8 Å². The maximum absolute atomic E-state index is 5.46. The highest BCUT2D eigenvalue weighted by Crippen LogP contribution is 2.20. The molecule has 0 fully saturated rings. The van der Waals surface area contributed by atoms with Gasteiger partial charge >= 0.3 is 0 Å². The summed E-state index contributed by atoms with van der Waals surface area (Å²) in [7, 11) is 7.64. The molecule has 0 aliphatic rings. The molecule has 2 aromatic carbocycles. The Morgan fingerprint density at radius 1 is 0.704 bits per heavy atom. The molecule has 0 amide bonds. The van der Waals surface area contributed by atoms with E-state index in [1.807, 2.05) is 0 Å². The highest BCUT2D eigenvalue weighted by molar-refractivity contribution is 5.50. The number of benzene rings is 2. The Kier molecular flexibility index (Phi) is 8.14. The molecule has 148 valence electrons. The van der Waals surface area contributed by atoms with Gasteiger partial charge in [-0.3, -0.25) is 0 Å². The Labute approximate surface area is 164 Å². The maximum Gasteiger partial charge on any atom is 0.0718 e. The van der Waals surface area contributed by atoms with Crippen molar-refractivity contribution >= 4 is 11.4 Å². The summed E-state index contributed by atoms with van der Waals surface area (Å²) in [6.07, 6.45) is 1.28. The molecular weight excluding hydrogens is 336 g/mol. The first-order valence-electron chi connectivity index (χ1n) is 9.58. The lowest BCUT2D eigenvalue weighted by Gasteiger charge is -2.29. The highest BCUT2D eigenvalue weighted by Gasteiger charge is 2.14. The molecule has 0 bridgehead atoms. The summed E-state index contributed by atoms with van der Waals surface area (Å²) >= 11 is 0. The van der Waals surface area contributed by atoms with Gasteiger partial charge in [0.15, 0.2) is 0 Å². The second-order valence-corrected chi connectivity index (χ2v) is 7.40. The van der Waals surface area contributed by atoms with Crippen LogP contribution in [0.1, 0.15) is 25.0 Å². The second-order valence-electron chi connectivity index (χ2n) is 7.40. The Balaban J connectivity index is 2.08. The van der Waals surface area contributed by atoms with Crippen LogP contribution in [-0.4, -0.2) is 53.6 Å². The third-order valence-corrected chi connectivity index (χ3v) is 4.92. The zero-order valence-electron chi connectivity index (χ0n) is 17.6. The van der Waals surface area contributed by atoms with Crippen molar-refractivity contribution in [1.29, 1.82) is 0 Å². The molecule has 4 heteroatoms. The van der Waals surface area contributed by atoms with Crippen LogP contribution in [0.15, 0.2) is 48.5 Å². The molecule has 4 nitrogen and oxygen atoms in total. The van der Waals surface area contributed by atoms with Gasteiger partial charge in [-0.05, 0) is 55.7 Å². The summed E-state index contributed by atoms with van der Waals surface area (Å²) in [5.41, 5.74) is 5.07. The number of anilines is 2. The normalized spacial score (nSPS) is 13.3. The zero-order valence-corrected chi connectivity index (χ0v) is 17.6. The van der Waals surface area contributed by atoms with Gasteiger partial charge in [-0.1, -0.05) is 24.3 Å². The molecule has 0 heterocycles. The maximum atomic E-state index is 5.46. The Morgan fingerprint density at radius 2 is 1.11 bits per heavy atom. The second kappa shape index (κ2) is 10.3. The smallest absolute Gasteiger partial charge is 0.0718 e. The van der Waals surface area contributed by atoms with E-state index in [4.69, 9.17) is 9.47 Å². The lowest BCUT2D eigenvalue weighted by atomic mass is 10.0. The van der Waals surface area contributed by atoms with E-state index in [1.165, 1.54) is 22.5 Å². The molecule has 0 radical (unpaired) electrons. The first-order valence-corrected chi connectivity index (χ1v) is 9.58. The monoisotopic (exact) mass is 370 g/mol. The molecule has 0 aliphatic carbocycles. The van der Waals surface area contributed by atoms with Crippen molar-refractivity contribution in [2.45, 2.75) is 32.5 Å². The quantitative estimate of drug-likeness (QED) is 0.625. The van der Waals surface area contributed by atoms with Gasteiger partial charge in [0.1, 0.15) is 0 Å². The van der Waals surface area contributed by atoms with Gasteiger partial charge in [-0.25, -0.2) is 0 Å². The number of rotatable bonds is 10.